The third-order valence-electron chi connectivity index (χ3n) is 6.18. The van der Waals surface area contributed by atoms with Crippen molar-refractivity contribution in [1.29, 1.82) is 0 Å². The van der Waals surface area contributed by atoms with E-state index in [1.807, 2.05) is 36.4 Å². The number of esters is 1. The summed E-state index contributed by atoms with van der Waals surface area (Å²) in [5.41, 5.74) is 3.00. The van der Waals surface area contributed by atoms with Crippen LogP contribution in [0.25, 0.3) is 0 Å². The Morgan fingerprint density at radius 3 is 2.80 bits per heavy atom. The van der Waals surface area contributed by atoms with E-state index in [2.05, 4.69) is 11.4 Å². The maximum Gasteiger partial charge on any atom is 0.328 e. The number of piperidine rings is 1. The van der Waals surface area contributed by atoms with Crippen molar-refractivity contribution in [3.8, 4) is 11.5 Å². The lowest BCUT2D eigenvalue weighted by Gasteiger charge is -2.47. The molecule has 30 heavy (non-hydrogen) atoms. The highest BCUT2D eigenvalue weighted by molar-refractivity contribution is 6.27. The molecule has 1 fully saturated rings. The smallest absolute Gasteiger partial charge is 0.328 e. The number of rotatable bonds is 3. The molecule has 7 nitrogen and oxygen atoms in total. The average Bonchev–Trinajstić information content (AvgIpc) is 3.40. The summed E-state index contributed by atoms with van der Waals surface area (Å²) < 4.78 is 16.1. The Labute approximate surface area is 178 Å². The number of carbonyl (C=O) groups excluding carboxylic acids is 2. The van der Waals surface area contributed by atoms with Gasteiger partial charge in [0.2, 0.25) is 12.7 Å². The van der Waals surface area contributed by atoms with Gasteiger partial charge in [-0.25, -0.2) is 4.79 Å². The number of hydrogen-bond donors (Lipinski definition) is 1. The molecule has 3 aliphatic heterocycles. The summed E-state index contributed by atoms with van der Waals surface area (Å²) in [6, 6.07) is 12.4. The van der Waals surface area contributed by atoms with E-state index in [0.717, 1.165) is 16.8 Å². The Bertz CT molecular complexity index is 1010. The highest BCUT2D eigenvalue weighted by Crippen LogP contribution is 2.51. The van der Waals surface area contributed by atoms with E-state index in [1.165, 1.54) is 7.11 Å². The molecular formula is C22H21ClN2O5. The first-order valence-electron chi connectivity index (χ1n) is 9.82. The zero-order valence-corrected chi connectivity index (χ0v) is 17.1. The molecule has 0 aliphatic carbocycles. The van der Waals surface area contributed by atoms with E-state index in [1.54, 1.807) is 4.90 Å². The third kappa shape index (κ3) is 2.88. The minimum atomic E-state index is -0.731. The molecule has 0 aromatic heterocycles. The number of para-hydroxylation sites is 1. The molecule has 1 saturated heterocycles. The van der Waals surface area contributed by atoms with E-state index in [0.29, 0.717) is 17.9 Å². The number of ether oxygens (including phenoxy) is 3. The summed E-state index contributed by atoms with van der Waals surface area (Å²) in [6.45, 7) is 0.161. The molecule has 1 amide bonds. The van der Waals surface area contributed by atoms with E-state index >= 15 is 0 Å². The van der Waals surface area contributed by atoms with Crippen molar-refractivity contribution in [1.82, 2.24) is 4.90 Å². The molecule has 2 unspecified atom stereocenters. The predicted octanol–water partition coefficient (Wildman–Crippen LogP) is 3.05. The van der Waals surface area contributed by atoms with E-state index in [-0.39, 0.29) is 30.5 Å². The van der Waals surface area contributed by atoms with Gasteiger partial charge >= 0.3 is 5.97 Å². The van der Waals surface area contributed by atoms with Gasteiger partial charge < -0.3 is 24.4 Å². The zero-order chi connectivity index (χ0) is 20.8. The molecule has 2 aromatic carbocycles. The zero-order valence-electron chi connectivity index (χ0n) is 16.3. The van der Waals surface area contributed by atoms with Crippen LogP contribution in [-0.2, 0) is 14.3 Å². The fourth-order valence-corrected chi connectivity index (χ4v) is 5.07. The second kappa shape index (κ2) is 7.40. The topological polar surface area (TPSA) is 77.1 Å². The highest BCUT2D eigenvalue weighted by Gasteiger charge is 2.51. The molecule has 156 valence electrons. The van der Waals surface area contributed by atoms with Crippen molar-refractivity contribution >= 4 is 29.2 Å². The number of amides is 1. The molecule has 2 aromatic rings. The monoisotopic (exact) mass is 428 g/mol. The van der Waals surface area contributed by atoms with Crippen LogP contribution in [-0.4, -0.2) is 48.6 Å². The lowest BCUT2D eigenvalue weighted by molar-refractivity contribution is -0.157. The van der Waals surface area contributed by atoms with Gasteiger partial charge in [-0.15, -0.1) is 11.6 Å². The second-order valence-corrected chi connectivity index (χ2v) is 7.90. The van der Waals surface area contributed by atoms with Crippen molar-refractivity contribution in [3.05, 3.63) is 53.6 Å². The Morgan fingerprint density at radius 2 is 2.00 bits per heavy atom. The molecule has 8 heteroatoms. The standard InChI is InChI=1S/C22H21ClN2O5/c1-28-22(27)16-9-14-13-4-2-3-5-15(13)24-20(14)21(25(16)19(26)10-23)12-6-7-17-18(8-12)30-11-29-17/h2-8,14,16,20-21,24H,9-11H2,1H3/t14?,16-,20?,21-/m1/s1. The number of likely N-dealkylation sites (tertiary alicyclic amines) is 1. The maximum absolute atomic E-state index is 13.0. The van der Waals surface area contributed by atoms with Gasteiger partial charge in [0.15, 0.2) is 11.5 Å². The number of halogens is 1. The summed E-state index contributed by atoms with van der Waals surface area (Å²) in [7, 11) is 1.34. The Balaban J connectivity index is 1.65. The minimum Gasteiger partial charge on any atom is -0.467 e. The molecule has 0 radical (unpaired) electrons. The van der Waals surface area contributed by atoms with Gasteiger partial charge in [0.1, 0.15) is 11.9 Å². The summed E-state index contributed by atoms with van der Waals surface area (Å²) in [4.78, 5) is 27.3. The fourth-order valence-electron chi connectivity index (χ4n) is 4.93. The van der Waals surface area contributed by atoms with Gasteiger partial charge in [-0.05, 0) is 35.7 Å². The lowest BCUT2D eigenvalue weighted by atomic mass is 9.77. The number of benzene rings is 2. The van der Waals surface area contributed by atoms with Crippen LogP contribution >= 0.6 is 11.6 Å². The van der Waals surface area contributed by atoms with E-state index in [4.69, 9.17) is 25.8 Å². The maximum atomic E-state index is 13.0. The number of anilines is 1. The van der Waals surface area contributed by atoms with Crippen molar-refractivity contribution in [2.45, 2.75) is 30.5 Å². The van der Waals surface area contributed by atoms with Gasteiger partial charge in [-0.2, -0.15) is 0 Å². The van der Waals surface area contributed by atoms with Gasteiger partial charge in [-0.3, -0.25) is 4.79 Å². The van der Waals surface area contributed by atoms with Crippen LogP contribution in [0.5, 0.6) is 11.5 Å². The molecule has 3 aliphatic rings. The number of methoxy groups -OCH3 is 1. The van der Waals surface area contributed by atoms with Crippen LogP contribution in [0.4, 0.5) is 5.69 Å². The van der Waals surface area contributed by atoms with Crippen LogP contribution in [0.3, 0.4) is 0 Å². The molecular weight excluding hydrogens is 408 g/mol. The third-order valence-corrected chi connectivity index (χ3v) is 6.41. The summed E-state index contributed by atoms with van der Waals surface area (Å²) in [5.74, 6) is 0.346. The normalized spacial score (nSPS) is 25.9. The van der Waals surface area contributed by atoms with Gasteiger partial charge in [0.25, 0.3) is 0 Å². The minimum absolute atomic E-state index is 0.0418. The van der Waals surface area contributed by atoms with Crippen LogP contribution in [0, 0.1) is 0 Å². The quantitative estimate of drug-likeness (QED) is 0.598. The van der Waals surface area contributed by atoms with Crippen LogP contribution < -0.4 is 14.8 Å². The molecule has 0 spiro atoms. The lowest BCUT2D eigenvalue weighted by Crippen LogP contribution is -2.57. The van der Waals surface area contributed by atoms with Crippen LogP contribution in [0.1, 0.15) is 29.5 Å². The highest BCUT2D eigenvalue weighted by atomic mass is 35.5. The number of nitrogens with one attached hydrogen (secondary N) is 1. The first-order chi connectivity index (χ1) is 14.6. The second-order valence-electron chi connectivity index (χ2n) is 7.63. The number of hydrogen-bond acceptors (Lipinski definition) is 6. The number of alkyl halides is 1. The van der Waals surface area contributed by atoms with E-state index in [9.17, 15) is 9.59 Å². The Morgan fingerprint density at radius 1 is 1.20 bits per heavy atom. The summed E-state index contributed by atoms with van der Waals surface area (Å²) in [5, 5.41) is 3.58. The van der Waals surface area contributed by atoms with Gasteiger partial charge in [0, 0.05) is 11.6 Å². The van der Waals surface area contributed by atoms with Crippen molar-refractivity contribution < 1.29 is 23.8 Å². The van der Waals surface area contributed by atoms with Crippen molar-refractivity contribution in [2.75, 3.05) is 25.1 Å². The van der Waals surface area contributed by atoms with E-state index < -0.39 is 18.1 Å². The SMILES string of the molecule is COC(=O)[C@H]1CC2c3ccccc3NC2[C@@H](c2ccc3c(c2)OCO3)N1C(=O)CCl. The molecule has 0 bridgehead atoms. The number of nitrogens with zero attached hydrogens (tertiary/aromatic N) is 1. The largest absolute Gasteiger partial charge is 0.467 e. The van der Waals surface area contributed by atoms with Crippen LogP contribution in [0.2, 0.25) is 0 Å². The molecule has 0 saturated carbocycles. The van der Waals surface area contributed by atoms with Gasteiger partial charge in [0.05, 0.1) is 19.2 Å². The van der Waals surface area contributed by atoms with Gasteiger partial charge in [-0.1, -0.05) is 24.3 Å². The molecule has 3 heterocycles. The predicted molar refractivity (Wildman–Crippen MR) is 110 cm³/mol. The number of carbonyl (C=O) groups is 2. The first kappa shape index (κ1) is 19.1. The molecule has 1 N–H and O–H groups in total. The average molecular weight is 429 g/mol. The van der Waals surface area contributed by atoms with Crippen molar-refractivity contribution in [2.24, 2.45) is 0 Å². The van der Waals surface area contributed by atoms with Crippen molar-refractivity contribution in [3.63, 3.8) is 0 Å². The van der Waals surface area contributed by atoms with Crippen LogP contribution in [0.15, 0.2) is 42.5 Å². The molecule has 4 atom stereocenters. The fraction of sp³-hybridized carbons (Fsp3) is 0.364. The summed E-state index contributed by atoms with van der Waals surface area (Å²) in [6.07, 6.45) is 0.463. The Kier molecular flexibility index (Phi) is 4.70. The Hall–Kier alpha value is -2.93. The summed E-state index contributed by atoms with van der Waals surface area (Å²) >= 11 is 5.97. The molecule has 5 rings (SSSR count). The number of fused-ring (bicyclic) bond motifs is 4. The first-order valence-corrected chi connectivity index (χ1v) is 10.4.